The Morgan fingerprint density at radius 1 is 0.800 bits per heavy atom. The van der Waals surface area contributed by atoms with Gasteiger partial charge in [-0.25, -0.2) is 0 Å². The lowest BCUT2D eigenvalue weighted by Gasteiger charge is -2.09. The summed E-state index contributed by atoms with van der Waals surface area (Å²) in [5.74, 6) is 0.0757. The molecule has 0 heterocycles. The number of fused-ring (bicyclic) bond motifs is 1. The van der Waals surface area contributed by atoms with Crippen LogP contribution < -0.4 is 0 Å². The first kappa shape index (κ1) is 13.1. The fourth-order valence-corrected chi connectivity index (χ4v) is 2.91. The highest BCUT2D eigenvalue weighted by Gasteiger charge is 2.14. The van der Waals surface area contributed by atoms with Crippen LogP contribution in [-0.4, -0.2) is 5.78 Å². The van der Waals surface area contributed by atoms with Gasteiger partial charge in [0, 0.05) is 15.6 Å². The summed E-state index contributed by atoms with van der Waals surface area (Å²) in [7, 11) is 0. The number of carbonyl (C=O) groups excluding carboxylic acids is 1. The topological polar surface area (TPSA) is 17.1 Å². The average molecular weight is 325 g/mol. The van der Waals surface area contributed by atoms with Crippen molar-refractivity contribution >= 4 is 32.5 Å². The summed E-state index contributed by atoms with van der Waals surface area (Å²) in [6.07, 6.45) is 0. The Kier molecular flexibility index (Phi) is 3.41. The molecule has 0 amide bonds. The maximum atomic E-state index is 12.8. The van der Waals surface area contributed by atoms with Crippen molar-refractivity contribution < 1.29 is 4.79 Å². The van der Waals surface area contributed by atoms with Gasteiger partial charge in [-0.15, -0.1) is 0 Å². The van der Waals surface area contributed by atoms with Gasteiger partial charge in [-0.1, -0.05) is 64.5 Å². The van der Waals surface area contributed by atoms with E-state index in [1.54, 1.807) is 0 Å². The predicted molar refractivity (Wildman–Crippen MR) is 86.3 cm³/mol. The molecule has 20 heavy (non-hydrogen) atoms. The van der Waals surface area contributed by atoms with Crippen molar-refractivity contribution in [3.05, 3.63) is 81.8 Å². The van der Waals surface area contributed by atoms with Crippen molar-refractivity contribution in [2.24, 2.45) is 0 Å². The van der Waals surface area contributed by atoms with Crippen LogP contribution in [0.5, 0.6) is 0 Å². The molecule has 0 fully saturated rings. The van der Waals surface area contributed by atoms with E-state index in [-0.39, 0.29) is 5.78 Å². The second-order valence-electron chi connectivity index (χ2n) is 4.78. The van der Waals surface area contributed by atoms with E-state index in [4.69, 9.17) is 0 Å². The predicted octanol–water partition coefficient (Wildman–Crippen LogP) is 5.14. The highest BCUT2D eigenvalue weighted by molar-refractivity contribution is 9.10. The smallest absolute Gasteiger partial charge is 0.193 e. The van der Waals surface area contributed by atoms with Crippen LogP contribution in [0.25, 0.3) is 10.8 Å². The molecule has 0 unspecified atom stereocenters. The van der Waals surface area contributed by atoms with Gasteiger partial charge in [-0.3, -0.25) is 4.79 Å². The SMILES string of the molecule is Cc1ccccc1C(=O)c1ccc(Br)c2ccccc12. The third-order valence-corrected chi connectivity index (χ3v) is 4.20. The van der Waals surface area contributed by atoms with Gasteiger partial charge in [0.15, 0.2) is 5.78 Å². The highest BCUT2D eigenvalue weighted by atomic mass is 79.9. The van der Waals surface area contributed by atoms with E-state index in [1.807, 2.05) is 67.6 Å². The molecular weight excluding hydrogens is 312 g/mol. The fourth-order valence-electron chi connectivity index (χ4n) is 2.43. The Labute approximate surface area is 126 Å². The van der Waals surface area contributed by atoms with Gasteiger partial charge in [0.05, 0.1) is 0 Å². The van der Waals surface area contributed by atoms with Crippen LogP contribution in [0.3, 0.4) is 0 Å². The normalized spacial score (nSPS) is 10.7. The molecule has 3 aromatic rings. The standard InChI is InChI=1S/C18H13BrO/c1-12-6-2-3-7-13(12)18(20)16-10-11-17(19)15-9-5-4-8-14(15)16/h2-11H,1H3. The maximum absolute atomic E-state index is 12.8. The van der Waals surface area contributed by atoms with Gasteiger partial charge in [-0.2, -0.15) is 0 Å². The lowest BCUT2D eigenvalue weighted by molar-refractivity contribution is 0.103. The van der Waals surface area contributed by atoms with Crippen LogP contribution in [0.1, 0.15) is 21.5 Å². The Hall–Kier alpha value is -1.93. The molecule has 0 spiro atoms. The van der Waals surface area contributed by atoms with Crippen LogP contribution in [-0.2, 0) is 0 Å². The number of hydrogen-bond donors (Lipinski definition) is 0. The van der Waals surface area contributed by atoms with Crippen molar-refractivity contribution in [2.45, 2.75) is 6.92 Å². The average Bonchev–Trinajstić information content (AvgIpc) is 2.48. The first-order valence-electron chi connectivity index (χ1n) is 6.46. The second kappa shape index (κ2) is 5.22. The lowest BCUT2D eigenvalue weighted by Crippen LogP contribution is -2.04. The van der Waals surface area contributed by atoms with Crippen LogP contribution >= 0.6 is 15.9 Å². The molecule has 2 heteroatoms. The molecule has 0 aliphatic rings. The Morgan fingerprint density at radius 2 is 1.45 bits per heavy atom. The van der Waals surface area contributed by atoms with Crippen LogP contribution in [0.2, 0.25) is 0 Å². The molecule has 1 nitrogen and oxygen atoms in total. The molecule has 3 rings (SSSR count). The van der Waals surface area contributed by atoms with Gasteiger partial charge >= 0.3 is 0 Å². The van der Waals surface area contributed by atoms with Crippen LogP contribution in [0.15, 0.2) is 65.1 Å². The number of ketones is 1. The minimum absolute atomic E-state index is 0.0757. The monoisotopic (exact) mass is 324 g/mol. The summed E-state index contributed by atoms with van der Waals surface area (Å²) in [6.45, 7) is 1.97. The zero-order valence-electron chi connectivity index (χ0n) is 11.1. The van der Waals surface area contributed by atoms with Gasteiger partial charge in [-0.05, 0) is 35.4 Å². The first-order chi connectivity index (χ1) is 9.68. The molecule has 0 aliphatic carbocycles. The first-order valence-corrected chi connectivity index (χ1v) is 7.25. The van der Waals surface area contributed by atoms with E-state index in [9.17, 15) is 4.79 Å². The van der Waals surface area contributed by atoms with Crippen molar-refractivity contribution in [3.8, 4) is 0 Å². The van der Waals surface area contributed by atoms with Crippen LogP contribution in [0, 0.1) is 6.92 Å². The molecule has 0 aromatic heterocycles. The summed E-state index contributed by atoms with van der Waals surface area (Å²) in [5.41, 5.74) is 2.52. The Bertz CT molecular complexity index is 805. The largest absolute Gasteiger partial charge is 0.289 e. The highest BCUT2D eigenvalue weighted by Crippen LogP contribution is 2.28. The molecule has 0 saturated heterocycles. The van der Waals surface area contributed by atoms with E-state index in [1.165, 1.54) is 0 Å². The number of carbonyl (C=O) groups is 1. The van der Waals surface area contributed by atoms with E-state index in [0.717, 1.165) is 31.9 Å². The van der Waals surface area contributed by atoms with Crippen molar-refractivity contribution in [1.82, 2.24) is 0 Å². The third kappa shape index (κ3) is 2.16. The minimum atomic E-state index is 0.0757. The number of halogens is 1. The second-order valence-corrected chi connectivity index (χ2v) is 5.64. The summed E-state index contributed by atoms with van der Waals surface area (Å²) < 4.78 is 1.01. The van der Waals surface area contributed by atoms with Gasteiger partial charge < -0.3 is 0 Å². The molecule has 0 bridgehead atoms. The van der Waals surface area contributed by atoms with Gasteiger partial charge in [0.2, 0.25) is 0 Å². The number of benzene rings is 3. The molecular formula is C18H13BrO. The number of rotatable bonds is 2. The van der Waals surface area contributed by atoms with Crippen molar-refractivity contribution in [1.29, 1.82) is 0 Å². The summed E-state index contributed by atoms with van der Waals surface area (Å²) in [5, 5.41) is 2.04. The summed E-state index contributed by atoms with van der Waals surface area (Å²) in [6, 6.07) is 19.5. The lowest BCUT2D eigenvalue weighted by atomic mass is 9.95. The fraction of sp³-hybridized carbons (Fsp3) is 0.0556. The molecule has 0 N–H and O–H groups in total. The minimum Gasteiger partial charge on any atom is -0.289 e. The molecule has 3 aromatic carbocycles. The van der Waals surface area contributed by atoms with Crippen molar-refractivity contribution in [2.75, 3.05) is 0 Å². The molecule has 98 valence electrons. The summed E-state index contributed by atoms with van der Waals surface area (Å²) >= 11 is 3.54. The van der Waals surface area contributed by atoms with E-state index >= 15 is 0 Å². The van der Waals surface area contributed by atoms with Gasteiger partial charge in [0.25, 0.3) is 0 Å². The maximum Gasteiger partial charge on any atom is 0.193 e. The van der Waals surface area contributed by atoms with Crippen molar-refractivity contribution in [3.63, 3.8) is 0 Å². The third-order valence-electron chi connectivity index (χ3n) is 3.51. The zero-order chi connectivity index (χ0) is 14.1. The molecule has 0 radical (unpaired) electrons. The molecule has 0 saturated carbocycles. The molecule has 0 atom stereocenters. The van der Waals surface area contributed by atoms with Crippen LogP contribution in [0.4, 0.5) is 0 Å². The Morgan fingerprint density at radius 3 is 2.20 bits per heavy atom. The number of aryl methyl sites for hydroxylation is 1. The quantitative estimate of drug-likeness (QED) is 0.596. The summed E-state index contributed by atoms with van der Waals surface area (Å²) in [4.78, 5) is 12.8. The van der Waals surface area contributed by atoms with E-state index < -0.39 is 0 Å². The molecule has 0 aliphatic heterocycles. The Balaban J connectivity index is 2.23. The zero-order valence-corrected chi connectivity index (χ0v) is 12.6. The van der Waals surface area contributed by atoms with Gasteiger partial charge in [0.1, 0.15) is 0 Å². The van der Waals surface area contributed by atoms with E-state index in [0.29, 0.717) is 0 Å². The van der Waals surface area contributed by atoms with E-state index in [2.05, 4.69) is 15.9 Å². The number of hydrogen-bond acceptors (Lipinski definition) is 1.